The monoisotopic (exact) mass is 573 g/mol. The Morgan fingerprint density at radius 1 is 1.26 bits per heavy atom. The zero-order valence-electron chi connectivity index (χ0n) is 19.0. The second-order valence-corrected chi connectivity index (χ2v) is 8.68. The Hall–Kier alpha value is -4.02. The molecular formula is C23H17Cl2F4N5O4. The number of aromatic nitrogens is 2. The van der Waals surface area contributed by atoms with Crippen LogP contribution in [0.1, 0.15) is 45.9 Å². The number of imidazole rings is 1. The second kappa shape index (κ2) is 11.6. The van der Waals surface area contributed by atoms with E-state index in [0.29, 0.717) is 17.2 Å². The van der Waals surface area contributed by atoms with E-state index in [9.17, 15) is 23.2 Å². The molecule has 9 nitrogen and oxygen atoms in total. The average Bonchev–Trinajstić information content (AvgIpc) is 3.64. The van der Waals surface area contributed by atoms with Crippen molar-refractivity contribution in [2.75, 3.05) is 5.73 Å². The number of nitrogens with zero attached hydrogens (tertiary/aromatic N) is 2. The summed E-state index contributed by atoms with van der Waals surface area (Å²) in [5, 5.41) is 19.0. The summed E-state index contributed by atoms with van der Waals surface area (Å²) in [5.74, 6) is -3.59. The molecule has 1 fully saturated rings. The van der Waals surface area contributed by atoms with Gasteiger partial charge in [-0.3, -0.25) is 4.79 Å². The summed E-state index contributed by atoms with van der Waals surface area (Å²) in [6.07, 6.45) is -2.99. The van der Waals surface area contributed by atoms with Crippen LogP contribution in [-0.2, 0) is 11.3 Å². The molecular weight excluding hydrogens is 557 g/mol. The van der Waals surface area contributed by atoms with E-state index in [0.717, 1.165) is 18.4 Å². The molecule has 0 radical (unpaired) electrons. The number of nitrogen functional groups attached to an aromatic ring is 1. The first-order chi connectivity index (χ1) is 17.8. The number of carbonyl (C=O) groups excluding carboxylic acids is 1. The number of amides is 1. The Balaban J connectivity index is 0.000000505. The smallest absolute Gasteiger partial charge is 0.475 e. The van der Waals surface area contributed by atoms with Crippen molar-refractivity contribution in [2.24, 2.45) is 0 Å². The van der Waals surface area contributed by atoms with Crippen molar-refractivity contribution in [3.05, 3.63) is 68.7 Å². The van der Waals surface area contributed by atoms with Gasteiger partial charge in [-0.1, -0.05) is 29.3 Å². The zero-order valence-corrected chi connectivity index (χ0v) is 20.5. The number of hydrogen-bond acceptors (Lipinski definition) is 6. The molecule has 0 spiro atoms. The molecule has 1 heterocycles. The third kappa shape index (κ3) is 7.27. The van der Waals surface area contributed by atoms with Crippen LogP contribution in [0.3, 0.4) is 0 Å². The Bertz CT molecular complexity index is 1420. The van der Waals surface area contributed by atoms with Crippen LogP contribution in [0.15, 0.2) is 30.3 Å². The van der Waals surface area contributed by atoms with Gasteiger partial charge in [0, 0.05) is 12.1 Å². The van der Waals surface area contributed by atoms with Gasteiger partial charge in [0.25, 0.3) is 5.91 Å². The molecule has 0 aliphatic heterocycles. The number of anilines is 1. The van der Waals surface area contributed by atoms with E-state index in [2.05, 4.69) is 21.4 Å². The fourth-order valence-electron chi connectivity index (χ4n) is 3.10. The lowest BCUT2D eigenvalue weighted by Crippen LogP contribution is -2.24. The van der Waals surface area contributed by atoms with Gasteiger partial charge in [-0.15, -0.1) is 0 Å². The number of ether oxygens (including phenoxy) is 1. The van der Waals surface area contributed by atoms with E-state index in [4.69, 9.17) is 43.6 Å². The summed E-state index contributed by atoms with van der Waals surface area (Å²) in [5.41, 5.74) is 6.92. The number of nitrogens with two attached hydrogens (primary N) is 1. The maximum Gasteiger partial charge on any atom is 0.490 e. The largest absolute Gasteiger partial charge is 0.490 e. The molecule has 3 aromatic rings. The Labute approximate surface area is 222 Å². The average molecular weight is 574 g/mol. The quantitative estimate of drug-likeness (QED) is 0.282. The van der Waals surface area contributed by atoms with Crippen molar-refractivity contribution in [3.63, 3.8) is 0 Å². The molecule has 1 aliphatic carbocycles. The van der Waals surface area contributed by atoms with Gasteiger partial charge in [0.1, 0.15) is 10.9 Å². The molecule has 1 amide bonds. The van der Waals surface area contributed by atoms with Gasteiger partial charge in [-0.05, 0) is 48.6 Å². The number of alkyl halides is 3. The van der Waals surface area contributed by atoms with Crippen LogP contribution in [-0.4, -0.2) is 33.1 Å². The number of nitrogens with one attached hydrogen (secondary N) is 2. The van der Waals surface area contributed by atoms with E-state index in [1.165, 1.54) is 18.2 Å². The minimum Gasteiger partial charge on any atom is -0.475 e. The van der Waals surface area contributed by atoms with E-state index < -0.39 is 23.9 Å². The predicted octanol–water partition coefficient (Wildman–Crippen LogP) is 5.54. The van der Waals surface area contributed by atoms with Crippen molar-refractivity contribution < 1.29 is 37.0 Å². The van der Waals surface area contributed by atoms with Crippen LogP contribution in [0.25, 0.3) is 0 Å². The number of carboxylic acid groups (broad SMARTS) is 1. The molecule has 1 aromatic heterocycles. The molecule has 1 saturated carbocycles. The maximum absolute atomic E-state index is 15.1. The first-order valence-electron chi connectivity index (χ1n) is 10.6. The van der Waals surface area contributed by atoms with Gasteiger partial charge < -0.3 is 25.9 Å². The van der Waals surface area contributed by atoms with Gasteiger partial charge in [0.2, 0.25) is 0 Å². The topological polar surface area (TPSA) is 154 Å². The van der Waals surface area contributed by atoms with Crippen LogP contribution < -0.4 is 15.8 Å². The lowest BCUT2D eigenvalue weighted by Gasteiger charge is -2.13. The maximum atomic E-state index is 15.1. The minimum atomic E-state index is -5.08. The number of H-pyrrole nitrogens is 1. The van der Waals surface area contributed by atoms with Gasteiger partial charge >= 0.3 is 12.1 Å². The van der Waals surface area contributed by atoms with Gasteiger partial charge in [-0.2, -0.15) is 18.4 Å². The normalized spacial score (nSPS) is 12.7. The molecule has 0 bridgehead atoms. The summed E-state index contributed by atoms with van der Waals surface area (Å²) in [7, 11) is 0. The van der Waals surface area contributed by atoms with E-state index >= 15 is 4.39 Å². The highest BCUT2D eigenvalue weighted by Gasteiger charge is 2.38. The fraction of sp³-hybridized carbons (Fsp3) is 0.217. The highest BCUT2D eigenvalue weighted by Crippen LogP contribution is 2.42. The van der Waals surface area contributed by atoms with Crippen molar-refractivity contribution in [1.29, 1.82) is 5.26 Å². The van der Waals surface area contributed by atoms with Crippen molar-refractivity contribution in [2.45, 2.75) is 31.5 Å². The number of aliphatic carboxylic acids is 1. The summed E-state index contributed by atoms with van der Waals surface area (Å²) >= 11 is 12.0. The SMILES string of the molecule is N#Cc1cc(Oc2c(Cl)ccc(CNC(=O)c3nc(N)[nH]c3Cl)c2F)cc(C2CC2)c1.O=C(O)C(F)(F)F. The Morgan fingerprint density at radius 2 is 1.92 bits per heavy atom. The summed E-state index contributed by atoms with van der Waals surface area (Å²) < 4.78 is 52.6. The molecule has 4 rings (SSSR count). The number of carboxylic acids is 1. The third-order valence-electron chi connectivity index (χ3n) is 5.03. The minimum absolute atomic E-state index is 0.00586. The zero-order chi connectivity index (χ0) is 28.2. The van der Waals surface area contributed by atoms with Crippen LogP contribution in [0.4, 0.5) is 23.5 Å². The van der Waals surface area contributed by atoms with E-state index in [-0.39, 0.29) is 39.7 Å². The Kier molecular flexibility index (Phi) is 8.70. The predicted molar refractivity (Wildman–Crippen MR) is 127 cm³/mol. The molecule has 200 valence electrons. The number of nitriles is 1. The van der Waals surface area contributed by atoms with E-state index in [1.807, 2.05) is 0 Å². The van der Waals surface area contributed by atoms with Crippen molar-refractivity contribution >= 4 is 41.0 Å². The number of rotatable bonds is 6. The number of carbonyl (C=O) groups is 2. The van der Waals surface area contributed by atoms with Crippen molar-refractivity contribution in [1.82, 2.24) is 15.3 Å². The summed E-state index contributed by atoms with van der Waals surface area (Å²) in [6, 6.07) is 10.1. The van der Waals surface area contributed by atoms with Gasteiger partial charge in [0.15, 0.2) is 23.2 Å². The summed E-state index contributed by atoms with van der Waals surface area (Å²) in [6.45, 7) is -0.160. The van der Waals surface area contributed by atoms with Crippen LogP contribution in [0, 0.1) is 17.1 Å². The summed E-state index contributed by atoms with van der Waals surface area (Å²) in [4.78, 5) is 27.4. The van der Waals surface area contributed by atoms with Gasteiger partial charge in [0.05, 0.1) is 16.7 Å². The first kappa shape index (κ1) is 28.5. The third-order valence-corrected chi connectivity index (χ3v) is 5.60. The fourth-order valence-corrected chi connectivity index (χ4v) is 3.51. The first-order valence-corrected chi connectivity index (χ1v) is 11.3. The van der Waals surface area contributed by atoms with Gasteiger partial charge in [-0.25, -0.2) is 14.2 Å². The number of hydrogen-bond donors (Lipinski definition) is 4. The van der Waals surface area contributed by atoms with Crippen LogP contribution >= 0.6 is 23.2 Å². The highest BCUT2D eigenvalue weighted by atomic mass is 35.5. The molecule has 0 atom stereocenters. The lowest BCUT2D eigenvalue weighted by atomic mass is 10.1. The molecule has 2 aromatic carbocycles. The molecule has 15 heteroatoms. The lowest BCUT2D eigenvalue weighted by molar-refractivity contribution is -0.192. The standard InChI is InChI=1S/C21H16Cl2FN5O2.C2HF3O2/c22-15-4-3-12(9-27-20(30)17-19(23)29-21(26)28-17)16(24)18(15)31-14-6-10(8-25)5-13(7-14)11-1-2-11;3-2(4,5)1(6)7/h3-7,11H,1-2,9H2,(H,27,30)(H3,26,28,29);(H,6,7). The number of benzene rings is 2. The highest BCUT2D eigenvalue weighted by molar-refractivity contribution is 6.32. The van der Waals surface area contributed by atoms with Crippen LogP contribution in [0.5, 0.6) is 11.5 Å². The molecule has 0 saturated heterocycles. The Morgan fingerprint density at radius 3 is 2.45 bits per heavy atom. The van der Waals surface area contributed by atoms with E-state index in [1.54, 1.807) is 12.1 Å². The van der Waals surface area contributed by atoms with Crippen LogP contribution in [0.2, 0.25) is 10.2 Å². The molecule has 0 unspecified atom stereocenters. The molecule has 1 aliphatic rings. The van der Waals surface area contributed by atoms with Crippen molar-refractivity contribution in [3.8, 4) is 17.6 Å². The molecule has 38 heavy (non-hydrogen) atoms. The number of halogens is 6. The molecule has 5 N–H and O–H groups in total. The second-order valence-electron chi connectivity index (χ2n) is 7.90. The number of aromatic amines is 1.